The molecule has 0 aromatic heterocycles. The zero-order valence-electron chi connectivity index (χ0n) is 15.3. The van der Waals surface area contributed by atoms with Crippen molar-refractivity contribution in [2.75, 3.05) is 20.3 Å². The van der Waals surface area contributed by atoms with Crippen LogP contribution >= 0.6 is 0 Å². The monoisotopic (exact) mass is 372 g/mol. The summed E-state index contributed by atoms with van der Waals surface area (Å²) in [7, 11) is 1.51. The molecule has 1 aromatic rings. The van der Waals surface area contributed by atoms with Crippen LogP contribution in [0.1, 0.15) is 35.2 Å². The number of cyclic esters (lactones) is 1. The lowest BCUT2D eigenvalue weighted by molar-refractivity contribution is -0.125. The Balaban J connectivity index is 2.29. The van der Waals surface area contributed by atoms with Crippen LogP contribution in [0.2, 0.25) is 0 Å². The van der Waals surface area contributed by atoms with Gasteiger partial charge in [0, 0.05) is 13.5 Å². The number of oxime groups is 1. The number of nitrogens with zero attached hydrogens (tertiary/aromatic N) is 1. The van der Waals surface area contributed by atoms with Gasteiger partial charge in [0.25, 0.3) is 5.91 Å². The van der Waals surface area contributed by atoms with Gasteiger partial charge >= 0.3 is 5.97 Å². The molecule has 27 heavy (non-hydrogen) atoms. The molecule has 1 amide bonds. The van der Waals surface area contributed by atoms with Crippen molar-refractivity contribution < 1.29 is 24.3 Å². The van der Waals surface area contributed by atoms with E-state index in [9.17, 15) is 14.7 Å². The van der Waals surface area contributed by atoms with Gasteiger partial charge in [-0.15, -0.1) is 0 Å². The van der Waals surface area contributed by atoms with Gasteiger partial charge in [0.05, 0.1) is 17.9 Å². The van der Waals surface area contributed by atoms with E-state index in [0.29, 0.717) is 29.9 Å². The van der Waals surface area contributed by atoms with Crippen molar-refractivity contribution in [2.24, 2.45) is 5.16 Å². The molecule has 1 aliphatic heterocycles. The highest BCUT2D eigenvalue weighted by molar-refractivity contribution is 5.99. The molecular weight excluding hydrogens is 348 g/mol. The van der Waals surface area contributed by atoms with Crippen molar-refractivity contribution in [3.8, 4) is 5.75 Å². The van der Waals surface area contributed by atoms with Crippen molar-refractivity contribution in [1.29, 1.82) is 0 Å². The molecule has 144 valence electrons. The molecule has 2 rings (SSSR count). The molecule has 0 saturated carbocycles. The first-order chi connectivity index (χ1) is 13.1. The average molecular weight is 372 g/mol. The first-order valence-corrected chi connectivity index (χ1v) is 8.80. The minimum Gasteiger partial charge on any atom is -0.508 e. The number of phenolic OH excluding ortho intramolecular Hbond substituents is 1. The fraction of sp³-hybridized carbons (Fsp3) is 0.350. The second-order valence-electron chi connectivity index (χ2n) is 5.92. The summed E-state index contributed by atoms with van der Waals surface area (Å²) in [5, 5.41) is 16.3. The van der Waals surface area contributed by atoms with E-state index < -0.39 is 5.97 Å². The van der Waals surface area contributed by atoms with Gasteiger partial charge in [0.1, 0.15) is 5.75 Å². The first kappa shape index (κ1) is 20.2. The molecule has 7 nitrogen and oxygen atoms in total. The van der Waals surface area contributed by atoms with Crippen molar-refractivity contribution >= 4 is 17.6 Å². The quantitative estimate of drug-likeness (QED) is 0.483. The molecule has 1 heterocycles. The number of aromatic hydroxyl groups is 1. The predicted molar refractivity (Wildman–Crippen MR) is 102 cm³/mol. The minimum absolute atomic E-state index is 0.0419. The molecular formula is C20H24N2O5. The Morgan fingerprint density at radius 1 is 1.26 bits per heavy atom. The van der Waals surface area contributed by atoms with Crippen LogP contribution in [0.25, 0.3) is 0 Å². The summed E-state index contributed by atoms with van der Waals surface area (Å²) < 4.78 is 5.30. The topological polar surface area (TPSA) is 97.2 Å². The number of esters is 1. The van der Waals surface area contributed by atoms with Crippen molar-refractivity contribution in [2.45, 2.75) is 25.7 Å². The summed E-state index contributed by atoms with van der Waals surface area (Å²) in [5.41, 5.74) is 1.46. The van der Waals surface area contributed by atoms with Crippen LogP contribution in [0.3, 0.4) is 0 Å². The van der Waals surface area contributed by atoms with Gasteiger partial charge in [-0.2, -0.15) is 0 Å². The van der Waals surface area contributed by atoms with Gasteiger partial charge < -0.3 is 20.0 Å². The summed E-state index contributed by atoms with van der Waals surface area (Å²) in [6, 6.07) is 4.48. The molecule has 2 N–H and O–H groups in total. The van der Waals surface area contributed by atoms with Crippen LogP contribution < -0.4 is 5.32 Å². The highest BCUT2D eigenvalue weighted by atomic mass is 16.6. The fourth-order valence-corrected chi connectivity index (χ4v) is 2.43. The number of allylic oxidation sites excluding steroid dienone is 3. The normalized spacial score (nSPS) is 19.3. The summed E-state index contributed by atoms with van der Waals surface area (Å²) in [6.07, 6.45) is 10.3. The van der Waals surface area contributed by atoms with Crippen LogP contribution in [-0.2, 0) is 20.8 Å². The number of rotatable bonds is 3. The fourth-order valence-electron chi connectivity index (χ4n) is 2.43. The van der Waals surface area contributed by atoms with Crippen LogP contribution in [0.15, 0.2) is 47.7 Å². The van der Waals surface area contributed by atoms with Crippen LogP contribution in [0, 0.1) is 0 Å². The number of phenols is 1. The molecule has 0 atom stereocenters. The molecule has 0 aliphatic carbocycles. The molecule has 1 aromatic carbocycles. The largest absolute Gasteiger partial charge is 0.508 e. The van der Waals surface area contributed by atoms with Gasteiger partial charge in [-0.1, -0.05) is 23.4 Å². The number of nitrogens with one attached hydrogen (secondary N) is 1. The van der Waals surface area contributed by atoms with Gasteiger partial charge in [-0.05, 0) is 49.1 Å². The molecule has 1 aliphatic rings. The molecule has 0 radical (unpaired) electrons. The summed E-state index contributed by atoms with van der Waals surface area (Å²) in [4.78, 5) is 28.8. The highest BCUT2D eigenvalue weighted by Crippen LogP contribution is 2.19. The van der Waals surface area contributed by atoms with Crippen molar-refractivity contribution in [1.82, 2.24) is 5.32 Å². The lowest BCUT2D eigenvalue weighted by Gasteiger charge is -2.11. The van der Waals surface area contributed by atoms with E-state index in [1.54, 1.807) is 6.08 Å². The first-order valence-electron chi connectivity index (χ1n) is 8.80. The summed E-state index contributed by atoms with van der Waals surface area (Å²) in [5.74, 6) is -0.707. The number of amides is 1. The van der Waals surface area contributed by atoms with Gasteiger partial charge in [-0.25, -0.2) is 4.79 Å². The molecule has 0 unspecified atom stereocenters. The Hall–Kier alpha value is -3.09. The zero-order chi connectivity index (χ0) is 19.5. The number of ether oxygens (including phenoxy) is 1. The van der Waals surface area contributed by atoms with Gasteiger partial charge in [-0.3, -0.25) is 4.79 Å². The Morgan fingerprint density at radius 3 is 2.85 bits per heavy atom. The lowest BCUT2D eigenvalue weighted by atomic mass is 10.0. The molecule has 0 fully saturated rings. The summed E-state index contributed by atoms with van der Waals surface area (Å²) in [6.45, 7) is 0.0905. The maximum absolute atomic E-state index is 12.4. The van der Waals surface area contributed by atoms with E-state index in [1.165, 1.54) is 25.2 Å². The van der Waals surface area contributed by atoms with E-state index in [0.717, 1.165) is 12.8 Å². The predicted octanol–water partition coefficient (Wildman–Crippen LogP) is 2.51. The average Bonchev–Trinajstić information content (AvgIpc) is 2.65. The van der Waals surface area contributed by atoms with Crippen molar-refractivity contribution in [3.63, 3.8) is 0 Å². The third-order valence-electron chi connectivity index (χ3n) is 3.83. The number of carbonyl (C=O) groups is 2. The second-order valence-corrected chi connectivity index (χ2v) is 5.92. The maximum Gasteiger partial charge on any atom is 0.338 e. The standard InChI is InChI=1S/C20H24N2O5/c1-21-19(24)14-27-22-16-8-6-4-2-3-5-7-11-26-20(25)18-10-9-17(23)13-15(18)12-16/h3,5-6,8-10,13,23H,2,4,7,11-12,14H2,1H3,(H,21,24)/b5-3+,8-6+,22-16-. The van der Waals surface area contributed by atoms with E-state index in [1.807, 2.05) is 18.2 Å². The van der Waals surface area contributed by atoms with E-state index in [2.05, 4.69) is 10.5 Å². The third-order valence-corrected chi connectivity index (χ3v) is 3.83. The number of hydrogen-bond acceptors (Lipinski definition) is 6. The molecule has 0 bridgehead atoms. The van der Waals surface area contributed by atoms with Crippen LogP contribution in [-0.4, -0.2) is 43.0 Å². The van der Waals surface area contributed by atoms with E-state index in [4.69, 9.17) is 9.57 Å². The van der Waals surface area contributed by atoms with E-state index in [-0.39, 0.29) is 24.7 Å². The number of carbonyl (C=O) groups excluding carboxylic acids is 2. The minimum atomic E-state index is -0.454. The van der Waals surface area contributed by atoms with Crippen molar-refractivity contribution in [3.05, 3.63) is 53.6 Å². The Labute approximate surface area is 158 Å². The molecule has 0 spiro atoms. The maximum atomic E-state index is 12.4. The van der Waals surface area contributed by atoms with Crippen LogP contribution in [0.4, 0.5) is 0 Å². The molecule has 0 saturated heterocycles. The number of hydrogen-bond donors (Lipinski definition) is 2. The number of benzene rings is 1. The molecule has 7 heteroatoms. The Morgan fingerprint density at radius 2 is 2.04 bits per heavy atom. The highest BCUT2D eigenvalue weighted by Gasteiger charge is 2.15. The van der Waals surface area contributed by atoms with E-state index >= 15 is 0 Å². The van der Waals surface area contributed by atoms with Gasteiger partial charge in [0.15, 0.2) is 6.61 Å². The third kappa shape index (κ3) is 6.97. The number of fused-ring (bicyclic) bond motifs is 1. The lowest BCUT2D eigenvalue weighted by Crippen LogP contribution is -2.22. The Kier molecular flexibility index (Phi) is 8.09. The SMILES string of the molecule is CNC(=O)CO/N=C1/C=C/CC/C=C/CCOC(=O)c2ccc(O)cc2C1. The second kappa shape index (κ2) is 10.8. The van der Waals surface area contributed by atoms with Crippen LogP contribution in [0.5, 0.6) is 5.75 Å². The van der Waals surface area contributed by atoms with Gasteiger partial charge in [0.2, 0.25) is 0 Å². The summed E-state index contributed by atoms with van der Waals surface area (Å²) >= 11 is 0. The zero-order valence-corrected chi connectivity index (χ0v) is 15.3. The smallest absolute Gasteiger partial charge is 0.338 e. The Bertz CT molecular complexity index is 753. The number of likely N-dealkylation sites (N-methyl/N-ethyl adjacent to an activating group) is 1.